The monoisotopic (exact) mass is 427 g/mol. The van der Waals surface area contributed by atoms with E-state index < -0.39 is 5.91 Å². The summed E-state index contributed by atoms with van der Waals surface area (Å²) in [5, 5.41) is 6.97. The van der Waals surface area contributed by atoms with Gasteiger partial charge in [-0.25, -0.2) is 10.1 Å². The summed E-state index contributed by atoms with van der Waals surface area (Å²) >= 11 is 3.49. The lowest BCUT2D eigenvalue weighted by Crippen LogP contribution is -2.20. The van der Waals surface area contributed by atoms with Crippen molar-refractivity contribution in [1.82, 2.24) is 20.2 Å². The van der Waals surface area contributed by atoms with Crippen molar-refractivity contribution in [2.24, 2.45) is 5.10 Å². The number of H-pyrrole nitrogens is 1. The largest absolute Gasteiger partial charge is 0.295 e. The van der Waals surface area contributed by atoms with Crippen molar-refractivity contribution in [2.75, 3.05) is 0 Å². The zero-order valence-electron chi connectivity index (χ0n) is 15.1. The van der Waals surface area contributed by atoms with Gasteiger partial charge in [0.05, 0.1) is 23.0 Å². The Hall–Kier alpha value is -3.00. The zero-order chi connectivity index (χ0) is 19.6. The molecule has 3 aromatic rings. The van der Waals surface area contributed by atoms with Crippen LogP contribution in [0.3, 0.4) is 0 Å². The van der Waals surface area contributed by atoms with Crippen LogP contribution < -0.4 is 11.0 Å². The van der Waals surface area contributed by atoms with Crippen molar-refractivity contribution in [1.29, 1.82) is 0 Å². The number of carbonyl (C=O) groups excluding carboxylic acids is 1. The van der Waals surface area contributed by atoms with Gasteiger partial charge in [0.1, 0.15) is 0 Å². The van der Waals surface area contributed by atoms with E-state index in [0.717, 1.165) is 21.3 Å². The molecule has 3 rings (SSSR count). The standard InChI is InChI=1S/C19H18BrN5O2/c1-11-12(2)17(7-6-16(11)20)25-19(27)15(13(3)24-25)10-22-23-18(26)14-5-4-8-21-9-14/h4-10,24H,1-3H3,(H,23,26). The molecule has 2 aromatic heterocycles. The SMILES string of the molecule is Cc1[nH]n(-c2ccc(Br)c(C)c2C)c(=O)c1C=NNC(=O)c1cccnc1. The van der Waals surface area contributed by atoms with E-state index in [1.54, 1.807) is 25.3 Å². The molecule has 0 unspecified atom stereocenters. The molecule has 27 heavy (non-hydrogen) atoms. The number of amides is 1. The van der Waals surface area contributed by atoms with E-state index >= 15 is 0 Å². The minimum Gasteiger partial charge on any atom is -0.295 e. The Morgan fingerprint density at radius 2 is 2.04 bits per heavy atom. The minimum atomic E-state index is -0.396. The number of benzene rings is 1. The fourth-order valence-corrected chi connectivity index (χ4v) is 3.04. The maximum Gasteiger partial charge on any atom is 0.280 e. The first-order valence-electron chi connectivity index (χ1n) is 8.21. The highest BCUT2D eigenvalue weighted by Crippen LogP contribution is 2.24. The quantitative estimate of drug-likeness (QED) is 0.494. The molecule has 1 amide bonds. The summed E-state index contributed by atoms with van der Waals surface area (Å²) in [6, 6.07) is 7.07. The topological polar surface area (TPSA) is 92.1 Å². The molecular weight excluding hydrogens is 410 g/mol. The number of rotatable bonds is 4. The third-order valence-corrected chi connectivity index (χ3v) is 5.19. The Morgan fingerprint density at radius 3 is 2.74 bits per heavy atom. The predicted molar refractivity (Wildman–Crippen MR) is 108 cm³/mol. The maximum absolute atomic E-state index is 12.8. The van der Waals surface area contributed by atoms with Gasteiger partial charge in [-0.05, 0) is 56.2 Å². The van der Waals surface area contributed by atoms with Gasteiger partial charge < -0.3 is 0 Å². The number of halogens is 1. The molecule has 0 bridgehead atoms. The van der Waals surface area contributed by atoms with E-state index in [1.165, 1.54) is 17.1 Å². The van der Waals surface area contributed by atoms with Crippen LogP contribution in [0, 0.1) is 20.8 Å². The second-order valence-corrected chi connectivity index (χ2v) is 6.90. The Kier molecular flexibility index (Phi) is 5.36. The second kappa shape index (κ2) is 7.71. The predicted octanol–water partition coefficient (Wildman–Crippen LogP) is 3.01. The smallest absolute Gasteiger partial charge is 0.280 e. The van der Waals surface area contributed by atoms with Gasteiger partial charge in [-0.15, -0.1) is 0 Å². The average Bonchev–Trinajstić information content (AvgIpc) is 2.95. The average molecular weight is 428 g/mol. The Balaban J connectivity index is 1.88. The molecule has 0 saturated carbocycles. The normalized spacial score (nSPS) is 11.1. The number of hydrazone groups is 1. The van der Waals surface area contributed by atoms with Gasteiger partial charge in [-0.3, -0.25) is 19.7 Å². The van der Waals surface area contributed by atoms with E-state index in [2.05, 4.69) is 36.5 Å². The van der Waals surface area contributed by atoms with Gasteiger partial charge in [-0.2, -0.15) is 5.10 Å². The lowest BCUT2D eigenvalue weighted by Gasteiger charge is -2.10. The number of aromatic nitrogens is 3. The summed E-state index contributed by atoms with van der Waals surface area (Å²) < 4.78 is 2.47. The van der Waals surface area contributed by atoms with Gasteiger partial charge in [0.25, 0.3) is 11.5 Å². The molecule has 0 aliphatic heterocycles. The van der Waals surface area contributed by atoms with Crippen LogP contribution in [0.5, 0.6) is 0 Å². The molecule has 2 heterocycles. The summed E-state index contributed by atoms with van der Waals surface area (Å²) in [6.45, 7) is 5.73. The fraction of sp³-hybridized carbons (Fsp3) is 0.158. The molecule has 138 valence electrons. The van der Waals surface area contributed by atoms with E-state index in [9.17, 15) is 9.59 Å². The van der Waals surface area contributed by atoms with Crippen LogP contribution in [-0.4, -0.2) is 26.9 Å². The summed E-state index contributed by atoms with van der Waals surface area (Å²) in [4.78, 5) is 28.7. The molecule has 8 heteroatoms. The van der Waals surface area contributed by atoms with E-state index in [-0.39, 0.29) is 5.56 Å². The van der Waals surface area contributed by atoms with Crippen LogP contribution in [0.4, 0.5) is 0 Å². The number of carbonyl (C=O) groups is 1. The van der Waals surface area contributed by atoms with E-state index in [4.69, 9.17) is 0 Å². The lowest BCUT2D eigenvalue weighted by molar-refractivity contribution is 0.0955. The van der Waals surface area contributed by atoms with Crippen molar-refractivity contribution in [3.63, 3.8) is 0 Å². The van der Waals surface area contributed by atoms with Crippen LogP contribution in [-0.2, 0) is 0 Å². The molecule has 7 nitrogen and oxygen atoms in total. The number of hydrogen-bond donors (Lipinski definition) is 2. The molecule has 0 aliphatic rings. The summed E-state index contributed by atoms with van der Waals surface area (Å²) in [6.07, 6.45) is 4.37. The minimum absolute atomic E-state index is 0.239. The van der Waals surface area contributed by atoms with Crippen molar-refractivity contribution in [2.45, 2.75) is 20.8 Å². The summed E-state index contributed by atoms with van der Waals surface area (Å²) in [7, 11) is 0. The number of nitrogens with zero attached hydrogens (tertiary/aromatic N) is 3. The van der Waals surface area contributed by atoms with Crippen molar-refractivity contribution >= 4 is 28.1 Å². The van der Waals surface area contributed by atoms with Gasteiger partial charge >= 0.3 is 0 Å². The van der Waals surface area contributed by atoms with Crippen LogP contribution in [0.15, 0.2) is 51.0 Å². The number of aromatic amines is 1. The molecule has 0 radical (unpaired) electrons. The highest BCUT2D eigenvalue weighted by molar-refractivity contribution is 9.10. The first-order chi connectivity index (χ1) is 12.9. The van der Waals surface area contributed by atoms with Gasteiger partial charge in [0, 0.05) is 22.6 Å². The molecule has 0 atom stereocenters. The molecule has 0 spiro atoms. The van der Waals surface area contributed by atoms with Gasteiger partial charge in [0.15, 0.2) is 0 Å². The van der Waals surface area contributed by atoms with Crippen LogP contribution in [0.1, 0.15) is 32.7 Å². The fourth-order valence-electron chi connectivity index (χ4n) is 2.61. The Labute approximate surface area is 164 Å². The highest BCUT2D eigenvalue weighted by Gasteiger charge is 2.14. The van der Waals surface area contributed by atoms with E-state index in [1.807, 2.05) is 26.0 Å². The highest BCUT2D eigenvalue weighted by atomic mass is 79.9. The molecular formula is C19H18BrN5O2. The molecule has 0 aliphatic carbocycles. The number of nitrogens with one attached hydrogen (secondary N) is 2. The first-order valence-corrected chi connectivity index (χ1v) is 9.00. The number of pyridine rings is 1. The van der Waals surface area contributed by atoms with Crippen LogP contribution in [0.2, 0.25) is 0 Å². The van der Waals surface area contributed by atoms with Crippen molar-refractivity contribution < 1.29 is 4.79 Å². The summed E-state index contributed by atoms with van der Waals surface area (Å²) in [5.74, 6) is -0.396. The Morgan fingerprint density at radius 1 is 1.26 bits per heavy atom. The number of hydrogen-bond acceptors (Lipinski definition) is 4. The number of aryl methyl sites for hydroxylation is 1. The van der Waals surface area contributed by atoms with Gasteiger partial charge in [-0.1, -0.05) is 15.9 Å². The summed E-state index contributed by atoms with van der Waals surface area (Å²) in [5.41, 5.74) is 6.39. The molecule has 0 saturated heterocycles. The lowest BCUT2D eigenvalue weighted by atomic mass is 10.1. The zero-order valence-corrected chi connectivity index (χ0v) is 16.7. The van der Waals surface area contributed by atoms with Crippen molar-refractivity contribution in [3.8, 4) is 5.69 Å². The molecule has 1 aromatic carbocycles. The van der Waals surface area contributed by atoms with Crippen LogP contribution >= 0.6 is 15.9 Å². The van der Waals surface area contributed by atoms with Gasteiger partial charge in [0.2, 0.25) is 0 Å². The third kappa shape index (κ3) is 3.75. The Bertz CT molecular complexity index is 1080. The first kappa shape index (κ1) is 18.8. The molecule has 2 N–H and O–H groups in total. The van der Waals surface area contributed by atoms with Crippen molar-refractivity contribution in [3.05, 3.63) is 79.4 Å². The second-order valence-electron chi connectivity index (χ2n) is 6.05. The van der Waals surface area contributed by atoms with E-state index in [0.29, 0.717) is 16.8 Å². The maximum atomic E-state index is 12.8. The van der Waals surface area contributed by atoms with Crippen LogP contribution in [0.25, 0.3) is 5.69 Å². The molecule has 0 fully saturated rings. The third-order valence-electron chi connectivity index (χ3n) is 4.33.